The average molecular weight is 217 g/mol. The molecule has 0 radical (unpaired) electrons. The Morgan fingerprint density at radius 2 is 2.31 bits per heavy atom. The summed E-state index contributed by atoms with van der Waals surface area (Å²) in [5.41, 5.74) is 3.09. The number of rotatable bonds is 3. The monoisotopic (exact) mass is 217 g/mol. The van der Waals surface area contributed by atoms with Crippen LogP contribution in [0.3, 0.4) is 0 Å². The predicted octanol–water partition coefficient (Wildman–Crippen LogP) is 1.90. The van der Waals surface area contributed by atoms with E-state index < -0.39 is 0 Å². The first-order chi connectivity index (χ1) is 7.70. The van der Waals surface area contributed by atoms with Crippen LogP contribution in [0, 0.1) is 6.92 Å². The van der Waals surface area contributed by atoms with Crippen LogP contribution in [-0.4, -0.2) is 16.1 Å². The third kappa shape index (κ3) is 2.05. The number of aromatic nitrogens is 2. The molecule has 4 nitrogen and oxygen atoms in total. The summed E-state index contributed by atoms with van der Waals surface area (Å²) in [6, 6.07) is 6.08. The molecular weight excluding hydrogens is 202 g/mol. The number of H-pyrrole nitrogens is 1. The lowest BCUT2D eigenvalue weighted by molar-refractivity contribution is -0.120. The standard InChI is InChI=1S/C12H15N3O/c1-3-12(16)13-7-11-9-6-8(2)4-5-10(9)14-15-11/h4-6H,3,7H2,1-2H3,(H,13,16)(H,14,15). The number of carbonyl (C=O) groups excluding carboxylic acids is 1. The molecule has 0 bridgehead atoms. The number of aryl methyl sites for hydroxylation is 1. The highest BCUT2D eigenvalue weighted by Gasteiger charge is 2.06. The Balaban J connectivity index is 2.24. The van der Waals surface area contributed by atoms with Crippen LogP contribution in [0.4, 0.5) is 0 Å². The number of amides is 1. The van der Waals surface area contributed by atoms with Crippen LogP contribution in [0.15, 0.2) is 18.2 Å². The van der Waals surface area contributed by atoms with Crippen molar-refractivity contribution in [2.45, 2.75) is 26.8 Å². The van der Waals surface area contributed by atoms with Crippen molar-refractivity contribution in [1.82, 2.24) is 15.5 Å². The van der Waals surface area contributed by atoms with Crippen molar-refractivity contribution < 1.29 is 4.79 Å². The van der Waals surface area contributed by atoms with Gasteiger partial charge in [-0.3, -0.25) is 9.89 Å². The number of nitrogens with zero attached hydrogens (tertiary/aromatic N) is 1. The Labute approximate surface area is 94.0 Å². The second kappa shape index (κ2) is 4.35. The molecule has 0 fully saturated rings. The molecule has 0 aliphatic carbocycles. The van der Waals surface area contributed by atoms with Crippen LogP contribution < -0.4 is 5.32 Å². The van der Waals surface area contributed by atoms with E-state index in [2.05, 4.69) is 21.6 Å². The zero-order chi connectivity index (χ0) is 11.5. The summed E-state index contributed by atoms with van der Waals surface area (Å²) in [5.74, 6) is 0.0513. The quantitative estimate of drug-likeness (QED) is 0.825. The van der Waals surface area contributed by atoms with Gasteiger partial charge in [0.25, 0.3) is 0 Å². The van der Waals surface area contributed by atoms with Crippen molar-refractivity contribution in [2.75, 3.05) is 0 Å². The van der Waals surface area contributed by atoms with E-state index in [-0.39, 0.29) is 5.91 Å². The largest absolute Gasteiger partial charge is 0.350 e. The van der Waals surface area contributed by atoms with Crippen molar-refractivity contribution in [3.63, 3.8) is 0 Å². The van der Waals surface area contributed by atoms with Gasteiger partial charge in [0.1, 0.15) is 0 Å². The molecule has 1 amide bonds. The van der Waals surface area contributed by atoms with Crippen LogP contribution in [0.1, 0.15) is 24.6 Å². The molecule has 84 valence electrons. The fourth-order valence-electron chi connectivity index (χ4n) is 1.62. The minimum Gasteiger partial charge on any atom is -0.350 e. The first-order valence-corrected chi connectivity index (χ1v) is 5.41. The lowest BCUT2D eigenvalue weighted by Gasteiger charge is -2.01. The molecule has 2 N–H and O–H groups in total. The second-order valence-electron chi connectivity index (χ2n) is 3.85. The van der Waals surface area contributed by atoms with Crippen molar-refractivity contribution in [1.29, 1.82) is 0 Å². The van der Waals surface area contributed by atoms with E-state index in [1.807, 2.05) is 26.0 Å². The summed E-state index contributed by atoms with van der Waals surface area (Å²) in [4.78, 5) is 11.2. The molecule has 4 heteroatoms. The number of nitrogens with one attached hydrogen (secondary N) is 2. The number of hydrogen-bond donors (Lipinski definition) is 2. The fraction of sp³-hybridized carbons (Fsp3) is 0.333. The van der Waals surface area contributed by atoms with Gasteiger partial charge in [-0.2, -0.15) is 5.10 Å². The minimum atomic E-state index is 0.0513. The normalized spacial score (nSPS) is 10.6. The van der Waals surface area contributed by atoms with Crippen molar-refractivity contribution in [2.24, 2.45) is 0 Å². The molecule has 1 aromatic carbocycles. The summed E-state index contributed by atoms with van der Waals surface area (Å²) >= 11 is 0. The van der Waals surface area contributed by atoms with Gasteiger partial charge in [0.05, 0.1) is 17.8 Å². The smallest absolute Gasteiger partial charge is 0.220 e. The molecule has 0 aliphatic heterocycles. The first-order valence-electron chi connectivity index (χ1n) is 5.41. The minimum absolute atomic E-state index is 0.0513. The van der Waals surface area contributed by atoms with Gasteiger partial charge >= 0.3 is 0 Å². The molecule has 1 aromatic heterocycles. The van der Waals surface area contributed by atoms with Gasteiger partial charge in [0.15, 0.2) is 0 Å². The molecule has 2 rings (SSSR count). The lowest BCUT2D eigenvalue weighted by Crippen LogP contribution is -2.21. The van der Waals surface area contributed by atoms with Gasteiger partial charge in [0, 0.05) is 11.8 Å². The number of benzene rings is 1. The van der Waals surface area contributed by atoms with Crippen LogP contribution in [0.25, 0.3) is 10.9 Å². The maximum Gasteiger partial charge on any atom is 0.220 e. The molecule has 16 heavy (non-hydrogen) atoms. The summed E-state index contributed by atoms with van der Waals surface area (Å²) in [5, 5.41) is 11.1. The van der Waals surface area contributed by atoms with Gasteiger partial charge in [-0.05, 0) is 19.1 Å². The van der Waals surface area contributed by atoms with Gasteiger partial charge in [-0.1, -0.05) is 18.6 Å². The van der Waals surface area contributed by atoms with Crippen LogP contribution in [0.5, 0.6) is 0 Å². The lowest BCUT2D eigenvalue weighted by atomic mass is 10.1. The average Bonchev–Trinajstić information content (AvgIpc) is 2.68. The van der Waals surface area contributed by atoms with E-state index in [4.69, 9.17) is 0 Å². The summed E-state index contributed by atoms with van der Waals surface area (Å²) < 4.78 is 0. The highest BCUT2D eigenvalue weighted by atomic mass is 16.1. The van der Waals surface area contributed by atoms with Crippen LogP contribution in [-0.2, 0) is 11.3 Å². The van der Waals surface area contributed by atoms with E-state index in [1.54, 1.807) is 0 Å². The Hall–Kier alpha value is -1.84. The van der Waals surface area contributed by atoms with E-state index in [1.165, 1.54) is 5.56 Å². The SMILES string of the molecule is CCC(=O)NCc1[nH]nc2ccc(C)cc12. The molecule has 0 saturated carbocycles. The second-order valence-corrected chi connectivity index (χ2v) is 3.85. The molecule has 0 atom stereocenters. The highest BCUT2D eigenvalue weighted by molar-refractivity contribution is 5.82. The third-order valence-corrected chi connectivity index (χ3v) is 2.57. The van der Waals surface area contributed by atoms with Crippen molar-refractivity contribution in [3.8, 4) is 0 Å². The van der Waals surface area contributed by atoms with Gasteiger partial charge < -0.3 is 5.32 Å². The Morgan fingerprint density at radius 3 is 3.06 bits per heavy atom. The number of aromatic amines is 1. The summed E-state index contributed by atoms with van der Waals surface area (Å²) in [7, 11) is 0. The molecule has 1 heterocycles. The Kier molecular flexibility index (Phi) is 2.90. The van der Waals surface area contributed by atoms with E-state index in [0.717, 1.165) is 16.6 Å². The summed E-state index contributed by atoms with van der Waals surface area (Å²) in [6.45, 7) is 4.39. The zero-order valence-electron chi connectivity index (χ0n) is 9.50. The molecule has 0 aliphatic rings. The number of hydrogen-bond acceptors (Lipinski definition) is 2. The molecule has 0 unspecified atom stereocenters. The maximum absolute atomic E-state index is 11.2. The van der Waals surface area contributed by atoms with E-state index in [0.29, 0.717) is 13.0 Å². The van der Waals surface area contributed by atoms with Gasteiger partial charge in [-0.15, -0.1) is 0 Å². The number of fused-ring (bicyclic) bond motifs is 1. The fourth-order valence-corrected chi connectivity index (χ4v) is 1.62. The van der Waals surface area contributed by atoms with Crippen LogP contribution >= 0.6 is 0 Å². The van der Waals surface area contributed by atoms with E-state index >= 15 is 0 Å². The van der Waals surface area contributed by atoms with Crippen molar-refractivity contribution in [3.05, 3.63) is 29.5 Å². The Bertz CT molecular complexity index is 516. The molecular formula is C12H15N3O. The molecule has 2 aromatic rings. The molecule has 0 spiro atoms. The van der Waals surface area contributed by atoms with Crippen LogP contribution in [0.2, 0.25) is 0 Å². The maximum atomic E-state index is 11.2. The Morgan fingerprint density at radius 1 is 1.50 bits per heavy atom. The van der Waals surface area contributed by atoms with Crippen molar-refractivity contribution >= 4 is 16.8 Å². The van der Waals surface area contributed by atoms with E-state index in [9.17, 15) is 4.79 Å². The van der Waals surface area contributed by atoms with Gasteiger partial charge in [-0.25, -0.2) is 0 Å². The highest BCUT2D eigenvalue weighted by Crippen LogP contribution is 2.17. The first kappa shape index (κ1) is 10.7. The predicted molar refractivity (Wildman–Crippen MR) is 63.0 cm³/mol. The summed E-state index contributed by atoms with van der Waals surface area (Å²) in [6.07, 6.45) is 0.505. The number of carbonyl (C=O) groups is 1. The zero-order valence-corrected chi connectivity index (χ0v) is 9.50. The third-order valence-electron chi connectivity index (χ3n) is 2.57. The molecule has 0 saturated heterocycles. The van der Waals surface area contributed by atoms with Gasteiger partial charge in [0.2, 0.25) is 5.91 Å². The topological polar surface area (TPSA) is 57.8 Å².